The summed E-state index contributed by atoms with van der Waals surface area (Å²) in [7, 11) is 3.12. The van der Waals surface area contributed by atoms with Crippen LogP contribution < -0.4 is 14.8 Å². The highest BCUT2D eigenvalue weighted by Crippen LogP contribution is 2.42. The lowest BCUT2D eigenvalue weighted by atomic mass is 10.1. The molecule has 0 radical (unpaired) electrons. The molecule has 0 aliphatic heterocycles. The lowest BCUT2D eigenvalue weighted by Gasteiger charge is -2.14. The highest BCUT2D eigenvalue weighted by Gasteiger charge is 2.17. The van der Waals surface area contributed by atoms with Crippen molar-refractivity contribution in [1.29, 1.82) is 0 Å². The molecule has 0 atom stereocenters. The van der Waals surface area contributed by atoms with Crippen LogP contribution >= 0.6 is 11.6 Å². The molecule has 0 saturated heterocycles. The fourth-order valence-electron chi connectivity index (χ4n) is 1.90. The van der Waals surface area contributed by atoms with Crippen molar-refractivity contribution >= 4 is 17.4 Å². The number of halogens is 1. The number of nitrogens with one attached hydrogen (secondary N) is 1. The normalized spacial score (nSPS) is 10.2. The van der Waals surface area contributed by atoms with Gasteiger partial charge in [-0.15, -0.1) is 0 Å². The second kappa shape index (κ2) is 6.43. The van der Waals surface area contributed by atoms with Crippen LogP contribution in [0.3, 0.4) is 0 Å². The summed E-state index contributed by atoms with van der Waals surface area (Å²) in [6.07, 6.45) is 3.26. The lowest BCUT2D eigenvalue weighted by Crippen LogP contribution is -2.03. The summed E-state index contributed by atoms with van der Waals surface area (Å²) >= 11 is 6.40. The lowest BCUT2D eigenvalue weighted by molar-refractivity contribution is 0.355. The SMILES string of the molecule is CCNc1nccnc1-c1ccc(OC)c(OC)c1Cl. The molecule has 0 bridgehead atoms. The van der Waals surface area contributed by atoms with Gasteiger partial charge in [0.25, 0.3) is 0 Å². The molecule has 1 aromatic heterocycles. The Morgan fingerprint density at radius 3 is 2.55 bits per heavy atom. The summed E-state index contributed by atoms with van der Waals surface area (Å²) in [5.41, 5.74) is 1.42. The van der Waals surface area contributed by atoms with Crippen LogP contribution in [0.4, 0.5) is 5.82 Å². The van der Waals surface area contributed by atoms with Gasteiger partial charge in [0.15, 0.2) is 17.3 Å². The topological polar surface area (TPSA) is 56.3 Å². The standard InChI is InChI=1S/C14H16ClN3O2/c1-4-16-14-12(17-7-8-18-14)9-5-6-10(19-2)13(20-3)11(9)15/h5-8H,4H2,1-3H3,(H,16,18). The summed E-state index contributed by atoms with van der Waals surface area (Å²) in [6.45, 7) is 2.74. The van der Waals surface area contributed by atoms with Crippen LogP contribution in [0.25, 0.3) is 11.3 Å². The van der Waals surface area contributed by atoms with Gasteiger partial charge in [-0.05, 0) is 19.1 Å². The van der Waals surface area contributed by atoms with E-state index in [9.17, 15) is 0 Å². The maximum atomic E-state index is 6.40. The number of aromatic nitrogens is 2. The maximum absolute atomic E-state index is 6.40. The Morgan fingerprint density at radius 1 is 1.15 bits per heavy atom. The van der Waals surface area contributed by atoms with Crippen molar-refractivity contribution in [3.05, 3.63) is 29.5 Å². The van der Waals surface area contributed by atoms with Gasteiger partial charge in [-0.3, -0.25) is 4.98 Å². The Hall–Kier alpha value is -2.01. The summed E-state index contributed by atoms with van der Waals surface area (Å²) in [5.74, 6) is 1.75. The summed E-state index contributed by atoms with van der Waals surface area (Å²) in [4.78, 5) is 8.63. The Kier molecular flexibility index (Phi) is 4.63. The van der Waals surface area contributed by atoms with Crippen molar-refractivity contribution in [1.82, 2.24) is 9.97 Å². The molecule has 0 spiro atoms. The van der Waals surface area contributed by atoms with E-state index in [1.165, 1.54) is 0 Å². The van der Waals surface area contributed by atoms with E-state index >= 15 is 0 Å². The van der Waals surface area contributed by atoms with E-state index in [1.807, 2.05) is 13.0 Å². The zero-order valence-electron chi connectivity index (χ0n) is 11.6. The van der Waals surface area contributed by atoms with E-state index in [2.05, 4.69) is 15.3 Å². The summed E-state index contributed by atoms with van der Waals surface area (Å²) < 4.78 is 10.5. The van der Waals surface area contributed by atoms with Crippen molar-refractivity contribution in [2.45, 2.75) is 6.92 Å². The Bertz CT molecular complexity index is 605. The average Bonchev–Trinajstić information content (AvgIpc) is 2.48. The van der Waals surface area contributed by atoms with Crippen LogP contribution in [-0.2, 0) is 0 Å². The molecule has 2 rings (SSSR count). The number of anilines is 1. The first kappa shape index (κ1) is 14.4. The molecule has 6 heteroatoms. The van der Waals surface area contributed by atoms with Gasteiger partial charge in [0, 0.05) is 24.5 Å². The van der Waals surface area contributed by atoms with Gasteiger partial charge in [-0.25, -0.2) is 4.98 Å². The molecule has 0 saturated carbocycles. The van der Waals surface area contributed by atoms with E-state index in [1.54, 1.807) is 32.7 Å². The molecule has 0 aliphatic rings. The first-order valence-electron chi connectivity index (χ1n) is 6.18. The first-order chi connectivity index (χ1) is 9.72. The van der Waals surface area contributed by atoms with E-state index in [0.717, 1.165) is 12.1 Å². The fourth-order valence-corrected chi connectivity index (χ4v) is 2.23. The number of nitrogens with zero attached hydrogens (tertiary/aromatic N) is 2. The van der Waals surface area contributed by atoms with Crippen molar-refractivity contribution in [2.24, 2.45) is 0 Å². The molecule has 0 amide bonds. The number of ether oxygens (including phenoxy) is 2. The zero-order valence-corrected chi connectivity index (χ0v) is 12.4. The van der Waals surface area contributed by atoms with E-state index in [4.69, 9.17) is 21.1 Å². The third-order valence-electron chi connectivity index (χ3n) is 2.78. The molecule has 2 aromatic rings. The number of hydrogen-bond acceptors (Lipinski definition) is 5. The third-order valence-corrected chi connectivity index (χ3v) is 3.16. The van der Waals surface area contributed by atoms with Crippen molar-refractivity contribution < 1.29 is 9.47 Å². The molecular weight excluding hydrogens is 278 g/mol. The molecule has 5 nitrogen and oxygen atoms in total. The Morgan fingerprint density at radius 2 is 1.90 bits per heavy atom. The van der Waals surface area contributed by atoms with Crippen LogP contribution in [0.1, 0.15) is 6.92 Å². The van der Waals surface area contributed by atoms with E-state index in [-0.39, 0.29) is 0 Å². The smallest absolute Gasteiger partial charge is 0.180 e. The van der Waals surface area contributed by atoms with Crippen molar-refractivity contribution in [2.75, 3.05) is 26.1 Å². The van der Waals surface area contributed by atoms with Crippen molar-refractivity contribution in [3.8, 4) is 22.8 Å². The molecule has 1 heterocycles. The minimum Gasteiger partial charge on any atom is -0.493 e. The highest BCUT2D eigenvalue weighted by atomic mass is 35.5. The maximum Gasteiger partial charge on any atom is 0.180 e. The molecule has 20 heavy (non-hydrogen) atoms. The molecule has 0 unspecified atom stereocenters. The molecule has 0 fully saturated rings. The van der Waals surface area contributed by atoms with E-state index in [0.29, 0.717) is 28.0 Å². The third kappa shape index (κ3) is 2.63. The van der Waals surface area contributed by atoms with Gasteiger partial charge < -0.3 is 14.8 Å². The molecular formula is C14H16ClN3O2. The monoisotopic (exact) mass is 293 g/mol. The number of methoxy groups -OCH3 is 2. The molecule has 1 aromatic carbocycles. The molecule has 0 aliphatic carbocycles. The zero-order chi connectivity index (χ0) is 14.5. The largest absolute Gasteiger partial charge is 0.493 e. The van der Waals surface area contributed by atoms with Gasteiger partial charge in [-0.1, -0.05) is 11.6 Å². The Balaban J connectivity index is 2.59. The van der Waals surface area contributed by atoms with Crippen molar-refractivity contribution in [3.63, 3.8) is 0 Å². The highest BCUT2D eigenvalue weighted by molar-refractivity contribution is 6.35. The van der Waals surface area contributed by atoms with Crippen LogP contribution in [-0.4, -0.2) is 30.7 Å². The molecule has 1 N–H and O–H groups in total. The van der Waals surface area contributed by atoms with Gasteiger partial charge in [0.2, 0.25) is 0 Å². The van der Waals surface area contributed by atoms with Crippen LogP contribution in [0.2, 0.25) is 5.02 Å². The fraction of sp³-hybridized carbons (Fsp3) is 0.286. The van der Waals surface area contributed by atoms with Crippen LogP contribution in [0.15, 0.2) is 24.5 Å². The number of hydrogen-bond donors (Lipinski definition) is 1. The van der Waals surface area contributed by atoms with Gasteiger partial charge >= 0.3 is 0 Å². The first-order valence-corrected chi connectivity index (χ1v) is 6.56. The second-order valence-electron chi connectivity index (χ2n) is 3.95. The average molecular weight is 294 g/mol. The predicted molar refractivity (Wildman–Crippen MR) is 79.7 cm³/mol. The second-order valence-corrected chi connectivity index (χ2v) is 4.32. The quantitative estimate of drug-likeness (QED) is 0.917. The molecule has 106 valence electrons. The number of benzene rings is 1. The predicted octanol–water partition coefficient (Wildman–Crippen LogP) is 3.25. The Labute approximate surface area is 122 Å². The summed E-state index contributed by atoms with van der Waals surface area (Å²) in [5, 5.41) is 3.61. The minimum absolute atomic E-state index is 0.450. The summed E-state index contributed by atoms with van der Waals surface area (Å²) in [6, 6.07) is 3.64. The number of rotatable bonds is 5. The minimum atomic E-state index is 0.450. The van der Waals surface area contributed by atoms with Gasteiger partial charge in [0.05, 0.1) is 19.2 Å². The van der Waals surface area contributed by atoms with Crippen LogP contribution in [0.5, 0.6) is 11.5 Å². The van der Waals surface area contributed by atoms with Gasteiger partial charge in [-0.2, -0.15) is 0 Å². The van der Waals surface area contributed by atoms with Gasteiger partial charge in [0.1, 0.15) is 5.69 Å². The van der Waals surface area contributed by atoms with Crippen LogP contribution in [0, 0.1) is 0 Å². The van der Waals surface area contributed by atoms with E-state index < -0.39 is 0 Å².